The van der Waals surface area contributed by atoms with Crippen LogP contribution in [0.1, 0.15) is 42.5 Å². The number of hydrogen-bond acceptors (Lipinski definition) is 6. The van der Waals surface area contributed by atoms with E-state index in [0.29, 0.717) is 12.8 Å². The molecule has 1 saturated carbocycles. The average molecular weight is 386 g/mol. The van der Waals surface area contributed by atoms with Gasteiger partial charge in [0.05, 0.1) is 5.56 Å². The molecule has 28 heavy (non-hydrogen) atoms. The number of phenols is 1. The van der Waals surface area contributed by atoms with Gasteiger partial charge in [-0.3, -0.25) is 30.0 Å². The Morgan fingerprint density at radius 1 is 1.11 bits per heavy atom. The lowest BCUT2D eigenvalue weighted by Gasteiger charge is -2.37. The number of nitrogens with one attached hydrogen (secondary N) is 3. The predicted molar refractivity (Wildman–Crippen MR) is 98.6 cm³/mol. The zero-order valence-corrected chi connectivity index (χ0v) is 15.2. The van der Waals surface area contributed by atoms with Crippen molar-refractivity contribution >= 4 is 23.8 Å². The van der Waals surface area contributed by atoms with E-state index in [1.165, 1.54) is 12.1 Å². The normalized spacial score (nSPS) is 20.5. The lowest BCUT2D eigenvalue weighted by Crippen LogP contribution is -2.62. The first kappa shape index (κ1) is 19.4. The number of rotatable bonds is 5. The third-order valence-electron chi connectivity index (χ3n) is 4.97. The van der Waals surface area contributed by atoms with Gasteiger partial charge >= 0.3 is 6.03 Å². The van der Waals surface area contributed by atoms with Crippen molar-refractivity contribution in [2.45, 2.75) is 38.1 Å². The molecule has 1 aliphatic heterocycles. The Morgan fingerprint density at radius 3 is 2.46 bits per heavy atom. The molecular formula is C19H22N4O5. The monoisotopic (exact) mass is 386 g/mol. The van der Waals surface area contributed by atoms with Gasteiger partial charge < -0.3 is 10.5 Å². The number of amides is 5. The van der Waals surface area contributed by atoms with Gasteiger partial charge in [0.2, 0.25) is 11.8 Å². The van der Waals surface area contributed by atoms with Gasteiger partial charge in [-0.2, -0.15) is 0 Å². The fourth-order valence-corrected chi connectivity index (χ4v) is 3.52. The number of carbonyl (C=O) groups is 4. The van der Waals surface area contributed by atoms with Crippen molar-refractivity contribution in [3.05, 3.63) is 42.1 Å². The lowest BCUT2D eigenvalue weighted by molar-refractivity contribution is -0.143. The number of benzene rings is 1. The fraction of sp³-hybridized carbons (Fsp3) is 0.368. The SMILES string of the molecule is C=C(NNC(=O)c1ccccc1O)C1C(=O)NC(=O)N(C2CCCCC2)C1=O. The summed E-state index contributed by atoms with van der Waals surface area (Å²) in [5.74, 6) is -3.67. The Balaban J connectivity index is 1.68. The second kappa shape index (κ2) is 8.12. The Bertz CT molecular complexity index is 831. The quantitative estimate of drug-likeness (QED) is 0.444. The Labute approximate surface area is 161 Å². The summed E-state index contributed by atoms with van der Waals surface area (Å²) in [5.41, 5.74) is 4.70. The van der Waals surface area contributed by atoms with Crippen LogP contribution in [0.4, 0.5) is 4.79 Å². The molecule has 4 N–H and O–H groups in total. The molecule has 9 heteroatoms. The minimum absolute atomic E-state index is 0.0150. The third-order valence-corrected chi connectivity index (χ3v) is 4.97. The Morgan fingerprint density at radius 2 is 1.79 bits per heavy atom. The van der Waals surface area contributed by atoms with Crippen molar-refractivity contribution < 1.29 is 24.3 Å². The van der Waals surface area contributed by atoms with Crippen molar-refractivity contribution in [2.75, 3.05) is 0 Å². The van der Waals surface area contributed by atoms with E-state index < -0.39 is 29.7 Å². The second-order valence-electron chi connectivity index (χ2n) is 6.85. The standard InChI is InChI=1S/C19H22N4O5/c1-11(21-22-16(25)13-9-5-6-10-14(13)24)15-17(26)20-19(28)23(18(15)27)12-7-3-2-4-8-12/h5-6,9-10,12,15,21,24H,1-4,7-8H2,(H,22,25)(H,20,26,28). The molecule has 1 atom stereocenters. The molecule has 9 nitrogen and oxygen atoms in total. The van der Waals surface area contributed by atoms with Gasteiger partial charge in [0, 0.05) is 11.7 Å². The van der Waals surface area contributed by atoms with E-state index in [2.05, 4.69) is 22.7 Å². The Kier molecular flexibility index (Phi) is 5.62. The molecule has 0 radical (unpaired) electrons. The maximum absolute atomic E-state index is 12.8. The molecular weight excluding hydrogens is 364 g/mol. The molecule has 0 bridgehead atoms. The first-order valence-corrected chi connectivity index (χ1v) is 9.11. The Hall–Kier alpha value is -3.36. The highest BCUT2D eigenvalue weighted by atomic mass is 16.3. The number of barbiturate groups is 1. The molecule has 1 saturated heterocycles. The molecule has 0 spiro atoms. The van der Waals surface area contributed by atoms with Gasteiger partial charge in [-0.15, -0.1) is 0 Å². The van der Waals surface area contributed by atoms with Crippen LogP contribution in [-0.4, -0.2) is 39.8 Å². The number of para-hydroxylation sites is 1. The number of carbonyl (C=O) groups excluding carboxylic acids is 4. The smallest absolute Gasteiger partial charge is 0.331 e. The molecule has 2 aliphatic rings. The van der Waals surface area contributed by atoms with Crippen LogP contribution in [0.15, 0.2) is 36.5 Å². The number of hydrogen-bond donors (Lipinski definition) is 4. The van der Waals surface area contributed by atoms with Crippen molar-refractivity contribution in [3.63, 3.8) is 0 Å². The number of hydrazine groups is 1. The second-order valence-corrected chi connectivity index (χ2v) is 6.85. The largest absolute Gasteiger partial charge is 0.507 e. The van der Waals surface area contributed by atoms with Crippen LogP contribution in [0.25, 0.3) is 0 Å². The van der Waals surface area contributed by atoms with Crippen molar-refractivity contribution in [3.8, 4) is 5.75 Å². The van der Waals surface area contributed by atoms with Crippen LogP contribution >= 0.6 is 0 Å². The van der Waals surface area contributed by atoms with Gasteiger partial charge in [0.25, 0.3) is 5.91 Å². The van der Waals surface area contributed by atoms with Crippen molar-refractivity contribution in [2.24, 2.45) is 5.92 Å². The van der Waals surface area contributed by atoms with E-state index in [-0.39, 0.29) is 23.1 Å². The topological polar surface area (TPSA) is 128 Å². The summed E-state index contributed by atoms with van der Waals surface area (Å²) in [6, 6.07) is 4.95. The molecule has 3 rings (SSSR count). The molecule has 1 heterocycles. The minimum Gasteiger partial charge on any atom is -0.507 e. The summed E-state index contributed by atoms with van der Waals surface area (Å²) in [7, 11) is 0. The molecule has 1 unspecified atom stereocenters. The molecule has 1 aromatic rings. The van der Waals surface area contributed by atoms with Gasteiger partial charge in [0.1, 0.15) is 5.75 Å². The highest BCUT2D eigenvalue weighted by molar-refractivity contribution is 6.17. The summed E-state index contributed by atoms with van der Waals surface area (Å²) in [6.07, 6.45) is 4.27. The van der Waals surface area contributed by atoms with E-state index in [0.717, 1.165) is 24.2 Å². The molecule has 5 amide bonds. The van der Waals surface area contributed by atoms with Gasteiger partial charge in [0.15, 0.2) is 5.92 Å². The molecule has 1 aliphatic carbocycles. The van der Waals surface area contributed by atoms with Gasteiger partial charge in [-0.25, -0.2) is 4.79 Å². The summed E-state index contributed by atoms with van der Waals surface area (Å²) in [6.45, 7) is 3.66. The summed E-state index contributed by atoms with van der Waals surface area (Å²) < 4.78 is 0. The molecule has 148 valence electrons. The zero-order valence-electron chi connectivity index (χ0n) is 15.2. The molecule has 1 aromatic carbocycles. The van der Waals surface area contributed by atoms with Crippen LogP contribution in [0.2, 0.25) is 0 Å². The van der Waals surface area contributed by atoms with E-state index in [1.54, 1.807) is 12.1 Å². The van der Waals surface area contributed by atoms with Gasteiger partial charge in [-0.1, -0.05) is 38.0 Å². The van der Waals surface area contributed by atoms with Gasteiger partial charge in [-0.05, 0) is 25.0 Å². The number of phenolic OH excluding ortho intramolecular Hbond substituents is 1. The summed E-state index contributed by atoms with van der Waals surface area (Å²) in [5, 5.41) is 11.9. The first-order valence-electron chi connectivity index (χ1n) is 9.11. The number of imide groups is 2. The highest BCUT2D eigenvalue weighted by Gasteiger charge is 2.45. The van der Waals surface area contributed by atoms with Crippen molar-refractivity contribution in [1.29, 1.82) is 0 Å². The number of aromatic hydroxyl groups is 1. The summed E-state index contributed by atoms with van der Waals surface area (Å²) >= 11 is 0. The van der Waals surface area contributed by atoms with Crippen LogP contribution in [0, 0.1) is 5.92 Å². The van der Waals surface area contributed by atoms with Crippen LogP contribution < -0.4 is 16.2 Å². The highest BCUT2D eigenvalue weighted by Crippen LogP contribution is 2.27. The van der Waals surface area contributed by atoms with E-state index >= 15 is 0 Å². The van der Waals surface area contributed by atoms with E-state index in [1.807, 2.05) is 0 Å². The molecule has 0 aromatic heterocycles. The zero-order chi connectivity index (χ0) is 20.3. The fourth-order valence-electron chi connectivity index (χ4n) is 3.52. The number of urea groups is 1. The predicted octanol–water partition coefficient (Wildman–Crippen LogP) is 1.17. The summed E-state index contributed by atoms with van der Waals surface area (Å²) in [4.78, 5) is 50.5. The van der Waals surface area contributed by atoms with E-state index in [4.69, 9.17) is 0 Å². The average Bonchev–Trinajstić information content (AvgIpc) is 2.67. The van der Waals surface area contributed by atoms with E-state index in [9.17, 15) is 24.3 Å². The first-order chi connectivity index (χ1) is 13.4. The maximum atomic E-state index is 12.8. The minimum atomic E-state index is -1.34. The lowest BCUT2D eigenvalue weighted by atomic mass is 9.92. The molecule has 2 fully saturated rings. The van der Waals surface area contributed by atoms with Crippen molar-refractivity contribution in [1.82, 2.24) is 21.1 Å². The number of nitrogens with zero attached hydrogens (tertiary/aromatic N) is 1. The van der Waals surface area contributed by atoms with Crippen LogP contribution in [-0.2, 0) is 9.59 Å². The van der Waals surface area contributed by atoms with Crippen LogP contribution in [0.5, 0.6) is 5.75 Å². The third kappa shape index (κ3) is 3.83. The van der Waals surface area contributed by atoms with Crippen LogP contribution in [0.3, 0.4) is 0 Å². The maximum Gasteiger partial charge on any atom is 0.331 e.